The molecule has 1 fully saturated rings. The van der Waals surface area contributed by atoms with Gasteiger partial charge in [-0.05, 0) is 25.7 Å². The van der Waals surface area contributed by atoms with Crippen molar-refractivity contribution in [2.75, 3.05) is 7.11 Å². The molecule has 1 saturated carbocycles. The Morgan fingerprint density at radius 3 is 2.71 bits per heavy atom. The molecule has 1 aliphatic rings. The van der Waals surface area contributed by atoms with Gasteiger partial charge >= 0.3 is 0 Å². The van der Waals surface area contributed by atoms with Crippen LogP contribution in [-0.2, 0) is 0 Å². The second kappa shape index (κ2) is 4.00. The van der Waals surface area contributed by atoms with Gasteiger partial charge in [-0.3, -0.25) is 4.68 Å². The Morgan fingerprint density at radius 1 is 1.43 bits per heavy atom. The summed E-state index contributed by atoms with van der Waals surface area (Å²) in [7, 11) is 1.66. The van der Waals surface area contributed by atoms with E-state index in [2.05, 4.69) is 5.10 Å². The molecule has 2 rings (SSSR count). The van der Waals surface area contributed by atoms with E-state index in [1.165, 1.54) is 0 Å². The molecule has 1 heterocycles. The van der Waals surface area contributed by atoms with E-state index in [1.54, 1.807) is 13.3 Å². The monoisotopic (exact) mass is 195 g/mol. The predicted molar refractivity (Wildman–Crippen MR) is 54.3 cm³/mol. The maximum absolute atomic E-state index is 5.85. The van der Waals surface area contributed by atoms with Crippen molar-refractivity contribution in [3.05, 3.63) is 12.4 Å². The van der Waals surface area contributed by atoms with Gasteiger partial charge in [0.05, 0.1) is 25.5 Å². The highest BCUT2D eigenvalue weighted by Crippen LogP contribution is 2.27. The number of methoxy groups -OCH3 is 1. The highest BCUT2D eigenvalue weighted by atomic mass is 16.5. The van der Waals surface area contributed by atoms with Crippen LogP contribution < -0.4 is 10.5 Å². The zero-order chi connectivity index (χ0) is 9.97. The van der Waals surface area contributed by atoms with Crippen LogP contribution in [0, 0.1) is 0 Å². The quantitative estimate of drug-likeness (QED) is 0.774. The molecule has 0 atom stereocenters. The molecule has 0 spiro atoms. The average molecular weight is 195 g/mol. The summed E-state index contributed by atoms with van der Waals surface area (Å²) in [6, 6.07) is 0.905. The number of hydrogen-bond donors (Lipinski definition) is 1. The van der Waals surface area contributed by atoms with Gasteiger partial charge < -0.3 is 10.5 Å². The number of ether oxygens (including phenoxy) is 1. The minimum Gasteiger partial charge on any atom is -0.493 e. The molecule has 0 aliphatic heterocycles. The van der Waals surface area contributed by atoms with Crippen molar-refractivity contribution < 1.29 is 4.74 Å². The van der Waals surface area contributed by atoms with E-state index in [9.17, 15) is 0 Å². The molecule has 0 aromatic carbocycles. The normalized spacial score (nSPS) is 27.6. The topological polar surface area (TPSA) is 53.1 Å². The minimum absolute atomic E-state index is 0.392. The van der Waals surface area contributed by atoms with Gasteiger partial charge in [-0.2, -0.15) is 5.10 Å². The average Bonchev–Trinajstić information content (AvgIpc) is 2.67. The van der Waals surface area contributed by atoms with Crippen molar-refractivity contribution in [1.82, 2.24) is 9.78 Å². The molecule has 0 bridgehead atoms. The zero-order valence-corrected chi connectivity index (χ0v) is 8.52. The van der Waals surface area contributed by atoms with E-state index in [0.29, 0.717) is 12.1 Å². The lowest BCUT2D eigenvalue weighted by atomic mass is 9.92. The molecule has 0 amide bonds. The third kappa shape index (κ3) is 1.90. The van der Waals surface area contributed by atoms with Crippen LogP contribution >= 0.6 is 0 Å². The summed E-state index contributed by atoms with van der Waals surface area (Å²) in [4.78, 5) is 0. The van der Waals surface area contributed by atoms with Crippen LogP contribution in [0.25, 0.3) is 0 Å². The van der Waals surface area contributed by atoms with Crippen LogP contribution in [0.3, 0.4) is 0 Å². The van der Waals surface area contributed by atoms with Gasteiger partial charge in [-0.15, -0.1) is 0 Å². The number of aromatic nitrogens is 2. The van der Waals surface area contributed by atoms with Crippen LogP contribution in [0.4, 0.5) is 0 Å². The molecular formula is C10H17N3O. The molecule has 1 aromatic heterocycles. The predicted octanol–water partition coefficient (Wildman–Crippen LogP) is 1.33. The minimum atomic E-state index is 0.392. The number of hydrogen-bond acceptors (Lipinski definition) is 3. The third-order valence-electron chi connectivity index (χ3n) is 2.93. The van der Waals surface area contributed by atoms with E-state index in [4.69, 9.17) is 10.5 Å². The Bertz CT molecular complexity index is 289. The second-order valence-corrected chi connectivity index (χ2v) is 3.93. The Labute approximate surface area is 84.0 Å². The SMILES string of the molecule is COc1cnn(C2CCC(N)CC2)c1. The van der Waals surface area contributed by atoms with E-state index < -0.39 is 0 Å². The van der Waals surface area contributed by atoms with Gasteiger partial charge in [0, 0.05) is 6.04 Å². The number of nitrogens with two attached hydrogens (primary N) is 1. The summed E-state index contributed by atoms with van der Waals surface area (Å²) in [5.41, 5.74) is 5.85. The summed E-state index contributed by atoms with van der Waals surface area (Å²) < 4.78 is 7.10. The first kappa shape index (κ1) is 9.52. The first-order valence-electron chi connectivity index (χ1n) is 5.13. The Morgan fingerprint density at radius 2 is 2.14 bits per heavy atom. The third-order valence-corrected chi connectivity index (χ3v) is 2.93. The Balaban J connectivity index is 2.01. The van der Waals surface area contributed by atoms with Gasteiger partial charge in [0.25, 0.3) is 0 Å². The fraction of sp³-hybridized carbons (Fsp3) is 0.700. The molecular weight excluding hydrogens is 178 g/mol. The highest BCUT2D eigenvalue weighted by molar-refractivity contribution is 5.11. The van der Waals surface area contributed by atoms with Crippen molar-refractivity contribution in [3.63, 3.8) is 0 Å². The molecule has 0 radical (unpaired) electrons. The van der Waals surface area contributed by atoms with Gasteiger partial charge in [0.15, 0.2) is 5.75 Å². The van der Waals surface area contributed by atoms with E-state index in [1.807, 2.05) is 10.9 Å². The smallest absolute Gasteiger partial charge is 0.156 e. The molecule has 2 N–H and O–H groups in total. The molecule has 0 saturated heterocycles. The highest BCUT2D eigenvalue weighted by Gasteiger charge is 2.20. The first-order valence-corrected chi connectivity index (χ1v) is 5.13. The van der Waals surface area contributed by atoms with Gasteiger partial charge in [-0.25, -0.2) is 0 Å². The second-order valence-electron chi connectivity index (χ2n) is 3.93. The summed E-state index contributed by atoms with van der Waals surface area (Å²) in [6.07, 6.45) is 8.19. The van der Waals surface area contributed by atoms with Crippen molar-refractivity contribution >= 4 is 0 Å². The summed E-state index contributed by atoms with van der Waals surface area (Å²) in [5.74, 6) is 0.833. The first-order chi connectivity index (χ1) is 6.79. The van der Waals surface area contributed by atoms with Crippen LogP contribution in [-0.4, -0.2) is 22.9 Å². The lowest BCUT2D eigenvalue weighted by molar-refractivity contribution is 0.303. The van der Waals surface area contributed by atoms with Gasteiger partial charge in [-0.1, -0.05) is 0 Å². The molecule has 4 nitrogen and oxygen atoms in total. The maximum Gasteiger partial charge on any atom is 0.156 e. The van der Waals surface area contributed by atoms with Crippen molar-refractivity contribution in [1.29, 1.82) is 0 Å². The molecule has 1 aromatic rings. The van der Waals surface area contributed by atoms with Crippen LogP contribution in [0.2, 0.25) is 0 Å². The van der Waals surface area contributed by atoms with Gasteiger partial charge in [0.2, 0.25) is 0 Å². The summed E-state index contributed by atoms with van der Waals surface area (Å²) in [5, 5.41) is 4.29. The Kier molecular flexibility index (Phi) is 2.72. The lowest BCUT2D eigenvalue weighted by Crippen LogP contribution is -2.27. The standard InChI is InChI=1S/C10H17N3O/c1-14-10-6-12-13(7-10)9-4-2-8(11)3-5-9/h6-9H,2-5,11H2,1H3. The molecule has 1 aliphatic carbocycles. The fourth-order valence-electron chi connectivity index (χ4n) is 1.99. The summed E-state index contributed by atoms with van der Waals surface area (Å²) >= 11 is 0. The molecule has 0 unspecified atom stereocenters. The van der Waals surface area contributed by atoms with Crippen molar-refractivity contribution in [3.8, 4) is 5.75 Å². The Hall–Kier alpha value is -1.03. The van der Waals surface area contributed by atoms with Crippen molar-refractivity contribution in [2.45, 2.75) is 37.8 Å². The van der Waals surface area contributed by atoms with E-state index in [-0.39, 0.29) is 0 Å². The maximum atomic E-state index is 5.85. The zero-order valence-electron chi connectivity index (χ0n) is 8.52. The molecule has 78 valence electrons. The van der Waals surface area contributed by atoms with E-state index in [0.717, 1.165) is 31.4 Å². The van der Waals surface area contributed by atoms with E-state index >= 15 is 0 Å². The van der Waals surface area contributed by atoms with Gasteiger partial charge in [0.1, 0.15) is 0 Å². The molecule has 4 heteroatoms. The fourth-order valence-corrected chi connectivity index (χ4v) is 1.99. The van der Waals surface area contributed by atoms with Crippen LogP contribution in [0.1, 0.15) is 31.7 Å². The lowest BCUT2D eigenvalue weighted by Gasteiger charge is -2.26. The van der Waals surface area contributed by atoms with Crippen molar-refractivity contribution in [2.24, 2.45) is 5.73 Å². The number of nitrogens with zero attached hydrogens (tertiary/aromatic N) is 2. The van der Waals surface area contributed by atoms with Crippen LogP contribution in [0.15, 0.2) is 12.4 Å². The summed E-state index contributed by atoms with van der Waals surface area (Å²) in [6.45, 7) is 0. The number of rotatable bonds is 2. The largest absolute Gasteiger partial charge is 0.493 e. The molecule has 14 heavy (non-hydrogen) atoms. The van der Waals surface area contributed by atoms with Crippen LogP contribution in [0.5, 0.6) is 5.75 Å².